The fraction of sp³-hybridized carbons (Fsp3) is 0.762. The Morgan fingerprint density at radius 3 is 2.07 bits per heavy atom. The highest BCUT2D eigenvalue weighted by Gasteiger charge is 2.30. The molecule has 2 N–H and O–H groups in total. The van der Waals surface area contributed by atoms with E-state index >= 15 is 0 Å². The summed E-state index contributed by atoms with van der Waals surface area (Å²) in [5.74, 6) is -1.20. The number of rotatable bonds is 14. The topological polar surface area (TPSA) is 90.2 Å². The fourth-order valence-electron chi connectivity index (χ4n) is 3.04. The second kappa shape index (κ2) is 11.3. The van der Waals surface area contributed by atoms with Crippen LogP contribution in [-0.2, 0) is 14.3 Å². The van der Waals surface area contributed by atoms with Gasteiger partial charge in [-0.25, -0.2) is 4.79 Å². The van der Waals surface area contributed by atoms with Crippen LogP contribution < -0.4 is 4.84 Å². The molecule has 0 aromatic carbocycles. The first-order valence-corrected chi connectivity index (χ1v) is 10.3. The summed E-state index contributed by atoms with van der Waals surface area (Å²) in [4.78, 5) is 17.2. The van der Waals surface area contributed by atoms with E-state index in [0.717, 1.165) is 38.7 Å². The van der Waals surface area contributed by atoms with Crippen molar-refractivity contribution < 1.29 is 29.3 Å². The molecule has 0 radical (unpaired) electrons. The van der Waals surface area contributed by atoms with Crippen molar-refractivity contribution in [1.29, 1.82) is 0 Å². The number of hydrogen-bond acceptors (Lipinski definition) is 6. The molecule has 1 atom stereocenters. The molecule has 1 rings (SSSR count). The lowest BCUT2D eigenvalue weighted by atomic mass is 9.91. The Hall–Kier alpha value is -1.73. The summed E-state index contributed by atoms with van der Waals surface area (Å²) in [6.07, 6.45) is 4.86. The van der Waals surface area contributed by atoms with E-state index in [1.807, 2.05) is 13.8 Å². The van der Waals surface area contributed by atoms with Crippen LogP contribution in [0.1, 0.15) is 79.6 Å². The molecule has 0 saturated heterocycles. The molecule has 0 aliphatic heterocycles. The van der Waals surface area contributed by atoms with Gasteiger partial charge in [0.05, 0.1) is 24.2 Å². The van der Waals surface area contributed by atoms with Crippen molar-refractivity contribution in [1.82, 2.24) is 4.73 Å². The summed E-state index contributed by atoms with van der Waals surface area (Å²) >= 11 is 0. The van der Waals surface area contributed by atoms with Gasteiger partial charge in [0.1, 0.15) is 0 Å². The fourth-order valence-corrected chi connectivity index (χ4v) is 3.04. The molecule has 7 heteroatoms. The smallest absolute Gasteiger partial charge is 0.333 e. The molecule has 28 heavy (non-hydrogen) atoms. The van der Waals surface area contributed by atoms with Gasteiger partial charge in [0.25, 0.3) is 0 Å². The van der Waals surface area contributed by atoms with E-state index in [1.165, 1.54) is 12.1 Å². The highest BCUT2D eigenvalue weighted by Crippen LogP contribution is 2.29. The lowest BCUT2D eigenvalue weighted by molar-refractivity contribution is -0.148. The van der Waals surface area contributed by atoms with E-state index in [-0.39, 0.29) is 23.8 Å². The highest BCUT2D eigenvalue weighted by atomic mass is 16.7. The largest absolute Gasteiger partial charge is 0.492 e. The molecule has 7 nitrogen and oxygen atoms in total. The molecule has 0 spiro atoms. The molecular weight excluding hydrogens is 362 g/mol. The number of nitrogens with zero attached hydrogens (tertiary/aromatic N) is 1. The van der Waals surface area contributed by atoms with E-state index in [4.69, 9.17) is 14.3 Å². The van der Waals surface area contributed by atoms with Crippen molar-refractivity contribution in [2.45, 2.75) is 90.8 Å². The molecule has 1 unspecified atom stereocenters. The van der Waals surface area contributed by atoms with Crippen LogP contribution in [0, 0.1) is 0 Å². The third-order valence-electron chi connectivity index (χ3n) is 5.51. The normalized spacial score (nSPS) is 14.0. The monoisotopic (exact) mass is 399 g/mol. The first-order valence-electron chi connectivity index (χ1n) is 10.3. The standard InChI is InChI=1S/C21H37NO6/c1-6-15-26-20(5,7-2)14-16-27-21(8-3,9-4)13-12-19(25)28-22-17(23)10-11-18(22)24/h10-11,23-24H,6-9,12-16H2,1-5H3. The van der Waals surface area contributed by atoms with Gasteiger partial charge in [0.2, 0.25) is 11.8 Å². The van der Waals surface area contributed by atoms with Crippen molar-refractivity contribution in [3.05, 3.63) is 12.1 Å². The van der Waals surface area contributed by atoms with E-state index < -0.39 is 11.6 Å². The number of aromatic nitrogens is 1. The summed E-state index contributed by atoms with van der Waals surface area (Å²) in [6.45, 7) is 11.7. The van der Waals surface area contributed by atoms with Crippen LogP contribution in [0.3, 0.4) is 0 Å². The van der Waals surface area contributed by atoms with Crippen molar-refractivity contribution in [2.75, 3.05) is 13.2 Å². The molecule has 0 saturated carbocycles. The van der Waals surface area contributed by atoms with Crippen molar-refractivity contribution in [3.63, 3.8) is 0 Å². The number of aromatic hydroxyl groups is 2. The van der Waals surface area contributed by atoms with Crippen LogP contribution >= 0.6 is 0 Å². The third-order valence-corrected chi connectivity index (χ3v) is 5.51. The first-order chi connectivity index (χ1) is 13.2. The number of carbonyl (C=O) groups is 1. The molecule has 1 heterocycles. The minimum Gasteiger partial charge on any atom is -0.492 e. The first kappa shape index (κ1) is 24.3. The quantitative estimate of drug-likeness (QED) is 0.487. The van der Waals surface area contributed by atoms with E-state index in [9.17, 15) is 15.0 Å². The lowest BCUT2D eigenvalue weighted by Gasteiger charge is -2.35. The molecular formula is C21H37NO6. The Morgan fingerprint density at radius 1 is 0.964 bits per heavy atom. The number of hydrogen-bond donors (Lipinski definition) is 2. The molecule has 0 fully saturated rings. The highest BCUT2D eigenvalue weighted by molar-refractivity contribution is 5.70. The second-order valence-corrected chi connectivity index (χ2v) is 7.45. The summed E-state index contributed by atoms with van der Waals surface area (Å²) < 4.78 is 12.9. The summed E-state index contributed by atoms with van der Waals surface area (Å²) in [5, 5.41) is 19.1. The lowest BCUT2D eigenvalue weighted by Crippen LogP contribution is -2.36. The molecule has 0 bridgehead atoms. The van der Waals surface area contributed by atoms with Gasteiger partial charge in [-0.2, -0.15) is 0 Å². The van der Waals surface area contributed by atoms with Crippen molar-refractivity contribution in [2.24, 2.45) is 0 Å². The van der Waals surface area contributed by atoms with Gasteiger partial charge in [-0.1, -0.05) is 27.7 Å². The van der Waals surface area contributed by atoms with Gasteiger partial charge in [0.15, 0.2) is 0 Å². The average Bonchev–Trinajstić information content (AvgIpc) is 3.01. The van der Waals surface area contributed by atoms with Crippen LogP contribution in [0.5, 0.6) is 11.8 Å². The predicted molar refractivity (Wildman–Crippen MR) is 107 cm³/mol. The van der Waals surface area contributed by atoms with Crippen LogP contribution in [0.2, 0.25) is 0 Å². The molecule has 0 aliphatic carbocycles. The summed E-state index contributed by atoms with van der Waals surface area (Å²) in [7, 11) is 0. The maximum atomic E-state index is 12.2. The average molecular weight is 400 g/mol. The maximum Gasteiger partial charge on any atom is 0.333 e. The number of ether oxygens (including phenoxy) is 2. The molecule has 1 aromatic rings. The van der Waals surface area contributed by atoms with Gasteiger partial charge < -0.3 is 24.5 Å². The zero-order valence-corrected chi connectivity index (χ0v) is 18.0. The van der Waals surface area contributed by atoms with Gasteiger partial charge >= 0.3 is 5.97 Å². The van der Waals surface area contributed by atoms with Crippen LogP contribution in [0.25, 0.3) is 0 Å². The second-order valence-electron chi connectivity index (χ2n) is 7.45. The molecule has 0 amide bonds. The molecule has 0 aliphatic rings. The van der Waals surface area contributed by atoms with E-state index in [2.05, 4.69) is 20.8 Å². The SMILES string of the molecule is CCCOC(C)(CC)CCOC(CC)(CC)CCC(=O)On1c(O)ccc1O. The van der Waals surface area contributed by atoms with Gasteiger partial charge in [-0.05, 0) is 45.4 Å². The van der Waals surface area contributed by atoms with Gasteiger partial charge in [-0.3, -0.25) is 0 Å². The van der Waals surface area contributed by atoms with Crippen LogP contribution in [0.15, 0.2) is 12.1 Å². The Morgan fingerprint density at radius 2 is 1.57 bits per heavy atom. The Kier molecular flexibility index (Phi) is 9.82. The minimum absolute atomic E-state index is 0.121. The van der Waals surface area contributed by atoms with Crippen LogP contribution in [-0.4, -0.2) is 45.3 Å². The summed E-state index contributed by atoms with van der Waals surface area (Å²) in [5.41, 5.74) is -0.620. The maximum absolute atomic E-state index is 12.2. The van der Waals surface area contributed by atoms with E-state index in [1.54, 1.807) is 0 Å². The molecule has 1 aromatic heterocycles. The van der Waals surface area contributed by atoms with Crippen molar-refractivity contribution in [3.8, 4) is 11.8 Å². The molecule has 162 valence electrons. The predicted octanol–water partition coefficient (Wildman–Crippen LogP) is 4.20. The van der Waals surface area contributed by atoms with Gasteiger partial charge in [-0.15, -0.1) is 4.73 Å². The zero-order chi connectivity index (χ0) is 21.2. The minimum atomic E-state index is -0.540. The van der Waals surface area contributed by atoms with E-state index in [0.29, 0.717) is 17.8 Å². The Bertz CT molecular complexity index is 576. The number of carbonyl (C=O) groups excluding carboxylic acids is 1. The Labute approximate surface area is 168 Å². The summed E-state index contributed by atoms with van der Waals surface area (Å²) in [6, 6.07) is 2.50. The Balaban J connectivity index is 2.58. The van der Waals surface area contributed by atoms with Gasteiger partial charge in [0, 0.05) is 18.7 Å². The van der Waals surface area contributed by atoms with Crippen LogP contribution in [0.4, 0.5) is 0 Å². The third kappa shape index (κ3) is 7.02. The van der Waals surface area contributed by atoms with Crippen molar-refractivity contribution >= 4 is 5.97 Å². The zero-order valence-electron chi connectivity index (χ0n) is 18.0.